The summed E-state index contributed by atoms with van der Waals surface area (Å²) in [5.41, 5.74) is 3.19. The number of amides is 1. The molecule has 4 saturated carbocycles. The molecule has 4 aliphatic carbocycles. The molecule has 0 radical (unpaired) electrons. The van der Waals surface area contributed by atoms with Crippen LogP contribution >= 0.6 is 0 Å². The largest absolute Gasteiger partial charge is 0.332 e. The van der Waals surface area contributed by atoms with Crippen LogP contribution in [0.25, 0.3) is 0 Å². The zero-order valence-electron chi connectivity index (χ0n) is 22.4. The Kier molecular flexibility index (Phi) is 5.14. The minimum atomic E-state index is -0.0620. The van der Waals surface area contributed by atoms with Crippen LogP contribution in [-0.4, -0.2) is 42.9 Å². The molecule has 1 aromatic carbocycles. The zero-order valence-corrected chi connectivity index (χ0v) is 22.4. The Balaban J connectivity index is 1.28. The summed E-state index contributed by atoms with van der Waals surface area (Å²) in [7, 11) is 6.63. The molecule has 1 aliphatic heterocycles. The predicted molar refractivity (Wildman–Crippen MR) is 139 cm³/mol. The van der Waals surface area contributed by atoms with E-state index < -0.39 is 0 Å². The fourth-order valence-corrected chi connectivity index (χ4v) is 10.6. The summed E-state index contributed by atoms with van der Waals surface area (Å²) in [5.74, 6) is 4.56. The monoisotopic (exact) mass is 462 g/mol. The Bertz CT molecular complexity index is 987. The van der Waals surface area contributed by atoms with Gasteiger partial charge >= 0.3 is 0 Å². The van der Waals surface area contributed by atoms with Gasteiger partial charge in [0.25, 0.3) is 5.91 Å². The number of carbonyl (C=O) groups excluding carboxylic acids is 1. The lowest BCUT2D eigenvalue weighted by Crippen LogP contribution is -2.57. The van der Waals surface area contributed by atoms with E-state index in [1.807, 2.05) is 6.07 Å². The van der Waals surface area contributed by atoms with Crippen LogP contribution in [0, 0.1) is 40.4 Å². The van der Waals surface area contributed by atoms with Gasteiger partial charge in [0.1, 0.15) is 0 Å². The average molecular weight is 463 g/mol. The molecule has 1 aromatic rings. The summed E-state index contributed by atoms with van der Waals surface area (Å²) < 4.78 is 0. The number of benzene rings is 1. The molecule has 34 heavy (non-hydrogen) atoms. The second-order valence-corrected chi connectivity index (χ2v) is 13.7. The molecule has 4 fully saturated rings. The second kappa shape index (κ2) is 7.58. The van der Waals surface area contributed by atoms with Crippen molar-refractivity contribution in [2.45, 2.75) is 90.1 Å². The SMILES string of the molecule is C[C@@H]([C@H]1CC[C@H]2[C@@H]3CC[C@H]4C[C@@]5(CC[C@]4(C)[C@H]3CC[C@]12C)c1ccccc1C(=O)N5C)N(C)C. The highest BCUT2D eigenvalue weighted by atomic mass is 16.2. The Morgan fingerprint density at radius 3 is 2.44 bits per heavy atom. The van der Waals surface area contributed by atoms with Gasteiger partial charge in [0.05, 0.1) is 5.54 Å². The van der Waals surface area contributed by atoms with Crippen molar-refractivity contribution < 1.29 is 4.79 Å². The molecule has 3 nitrogen and oxygen atoms in total. The first-order chi connectivity index (χ1) is 16.1. The van der Waals surface area contributed by atoms with E-state index in [-0.39, 0.29) is 11.4 Å². The number of nitrogens with zero attached hydrogens (tertiary/aromatic N) is 2. The maximum absolute atomic E-state index is 13.2. The van der Waals surface area contributed by atoms with E-state index in [2.05, 4.69) is 69.9 Å². The van der Waals surface area contributed by atoms with Gasteiger partial charge in [-0.3, -0.25) is 4.79 Å². The highest BCUT2D eigenvalue weighted by molar-refractivity contribution is 5.99. The van der Waals surface area contributed by atoms with Gasteiger partial charge in [-0.15, -0.1) is 0 Å². The van der Waals surface area contributed by atoms with E-state index in [9.17, 15) is 4.79 Å². The topological polar surface area (TPSA) is 23.6 Å². The summed E-state index contributed by atoms with van der Waals surface area (Å²) in [4.78, 5) is 17.8. The molecular weight excluding hydrogens is 416 g/mol. The molecule has 5 aliphatic rings. The number of rotatable bonds is 2. The highest BCUT2D eigenvalue weighted by Crippen LogP contribution is 2.69. The quantitative estimate of drug-likeness (QED) is 0.496. The lowest BCUT2D eigenvalue weighted by atomic mass is 9.43. The van der Waals surface area contributed by atoms with E-state index in [0.717, 1.165) is 41.6 Å². The van der Waals surface area contributed by atoms with Crippen molar-refractivity contribution in [1.82, 2.24) is 9.80 Å². The van der Waals surface area contributed by atoms with Crippen LogP contribution in [-0.2, 0) is 5.54 Å². The Morgan fingerprint density at radius 2 is 1.68 bits per heavy atom. The Hall–Kier alpha value is -1.35. The van der Waals surface area contributed by atoms with Gasteiger partial charge in [0, 0.05) is 18.7 Å². The molecule has 0 bridgehead atoms. The standard InChI is InChI=1S/C31H46N2O/c1-20(32(4)5)24-13-14-25-22-12-11-21-19-31(27-10-8-7-9-23(27)28(34)33(31)6)18-17-29(21,2)26(22)15-16-30(24,25)3/h7-10,20-22,24-26H,11-19H2,1-6H3/t20-,21-,22-,24+,25-,26-,29-,30+,31-/m0/s1. The molecule has 0 N–H and O–H groups in total. The molecule has 0 aromatic heterocycles. The summed E-state index contributed by atoms with van der Waals surface area (Å²) in [6.45, 7) is 7.81. The van der Waals surface area contributed by atoms with Crippen molar-refractivity contribution in [2.24, 2.45) is 40.4 Å². The minimum absolute atomic E-state index is 0.0620. The van der Waals surface area contributed by atoms with Crippen LogP contribution in [0.15, 0.2) is 24.3 Å². The molecular formula is C31H46N2O. The van der Waals surface area contributed by atoms with Crippen molar-refractivity contribution in [2.75, 3.05) is 21.1 Å². The van der Waals surface area contributed by atoms with Crippen molar-refractivity contribution in [3.63, 3.8) is 0 Å². The molecule has 0 unspecified atom stereocenters. The molecule has 6 rings (SSSR count). The fraction of sp³-hybridized carbons (Fsp3) is 0.774. The molecule has 186 valence electrons. The molecule has 1 spiro atoms. The third-order valence-electron chi connectivity index (χ3n) is 12.8. The lowest BCUT2D eigenvalue weighted by molar-refractivity contribution is -0.134. The van der Waals surface area contributed by atoms with Crippen LogP contribution in [0.2, 0.25) is 0 Å². The molecule has 1 heterocycles. The first kappa shape index (κ1) is 23.1. The van der Waals surface area contributed by atoms with E-state index >= 15 is 0 Å². The maximum Gasteiger partial charge on any atom is 0.254 e. The van der Waals surface area contributed by atoms with Gasteiger partial charge in [0.2, 0.25) is 0 Å². The van der Waals surface area contributed by atoms with Crippen molar-refractivity contribution >= 4 is 5.91 Å². The van der Waals surface area contributed by atoms with E-state index in [0.29, 0.717) is 16.9 Å². The fourth-order valence-electron chi connectivity index (χ4n) is 10.6. The minimum Gasteiger partial charge on any atom is -0.332 e. The number of carbonyl (C=O) groups is 1. The van der Waals surface area contributed by atoms with Gasteiger partial charge < -0.3 is 9.80 Å². The predicted octanol–water partition coefficient (Wildman–Crippen LogP) is 6.58. The van der Waals surface area contributed by atoms with E-state index in [1.54, 1.807) is 0 Å². The summed E-state index contributed by atoms with van der Waals surface area (Å²) in [5, 5.41) is 0. The number of fused-ring (bicyclic) bond motifs is 7. The van der Waals surface area contributed by atoms with Gasteiger partial charge in [0.15, 0.2) is 0 Å². The molecule has 3 heteroatoms. The van der Waals surface area contributed by atoms with Crippen molar-refractivity contribution in [3.8, 4) is 0 Å². The van der Waals surface area contributed by atoms with Gasteiger partial charge in [-0.1, -0.05) is 32.0 Å². The molecule has 9 atom stereocenters. The van der Waals surface area contributed by atoms with Gasteiger partial charge in [-0.05, 0) is 131 Å². The van der Waals surface area contributed by atoms with Crippen LogP contribution in [0.3, 0.4) is 0 Å². The third-order valence-corrected chi connectivity index (χ3v) is 12.8. The van der Waals surface area contributed by atoms with Crippen LogP contribution in [0.1, 0.15) is 94.5 Å². The van der Waals surface area contributed by atoms with Crippen molar-refractivity contribution in [3.05, 3.63) is 35.4 Å². The normalized spacial score (nSPS) is 46.3. The van der Waals surface area contributed by atoms with E-state index in [4.69, 9.17) is 0 Å². The summed E-state index contributed by atoms with van der Waals surface area (Å²) >= 11 is 0. The molecule has 1 amide bonds. The Labute approximate surface area is 207 Å². The van der Waals surface area contributed by atoms with Crippen LogP contribution in [0.4, 0.5) is 0 Å². The van der Waals surface area contributed by atoms with Gasteiger partial charge in [-0.25, -0.2) is 0 Å². The zero-order chi connectivity index (χ0) is 24.0. The van der Waals surface area contributed by atoms with E-state index in [1.165, 1.54) is 56.9 Å². The second-order valence-electron chi connectivity index (χ2n) is 13.7. The van der Waals surface area contributed by atoms with Gasteiger partial charge in [-0.2, -0.15) is 0 Å². The van der Waals surface area contributed by atoms with Crippen molar-refractivity contribution in [1.29, 1.82) is 0 Å². The summed E-state index contributed by atoms with van der Waals surface area (Å²) in [6, 6.07) is 9.17. The average Bonchev–Trinajstić information content (AvgIpc) is 3.28. The van der Waals surface area contributed by atoms with Crippen LogP contribution in [0.5, 0.6) is 0 Å². The maximum atomic E-state index is 13.2. The number of hydrogen-bond donors (Lipinski definition) is 0. The highest BCUT2D eigenvalue weighted by Gasteiger charge is 2.63. The Morgan fingerprint density at radius 1 is 0.941 bits per heavy atom. The molecule has 0 saturated heterocycles. The lowest BCUT2D eigenvalue weighted by Gasteiger charge is -2.63. The smallest absolute Gasteiger partial charge is 0.254 e. The number of hydrogen-bond acceptors (Lipinski definition) is 2. The van der Waals surface area contributed by atoms with Crippen LogP contribution < -0.4 is 0 Å². The summed E-state index contributed by atoms with van der Waals surface area (Å²) in [6.07, 6.45) is 12.1. The first-order valence-corrected chi connectivity index (χ1v) is 14.2. The first-order valence-electron chi connectivity index (χ1n) is 14.2. The third kappa shape index (κ3) is 2.83.